The van der Waals surface area contributed by atoms with Crippen LogP contribution in [-0.4, -0.2) is 32.6 Å². The van der Waals surface area contributed by atoms with Crippen molar-refractivity contribution in [3.63, 3.8) is 0 Å². The van der Waals surface area contributed by atoms with E-state index in [4.69, 9.17) is 9.15 Å². The molecule has 1 N–H and O–H groups in total. The molecule has 1 amide bonds. The summed E-state index contributed by atoms with van der Waals surface area (Å²) in [6.45, 7) is 0.228. The van der Waals surface area contributed by atoms with Crippen LogP contribution in [0.4, 0.5) is 0 Å². The minimum Gasteiger partial charge on any atom is -0.493 e. The number of carbonyl (C=O) groups excluding carboxylic acids is 2. The summed E-state index contributed by atoms with van der Waals surface area (Å²) in [5.41, 5.74) is 0.635. The summed E-state index contributed by atoms with van der Waals surface area (Å²) in [5.74, 6) is 0.419. The van der Waals surface area contributed by atoms with E-state index in [1.165, 1.54) is 25.3 Å². The van der Waals surface area contributed by atoms with Gasteiger partial charge in [0.05, 0.1) is 14.2 Å². The minimum atomic E-state index is -0.467. The maximum Gasteiger partial charge on any atom is 0.330 e. The number of ether oxygens (including phenoxy) is 2. The molecule has 1 aromatic carbocycles. The number of rotatable bonds is 6. The molecule has 0 bridgehead atoms. The van der Waals surface area contributed by atoms with Gasteiger partial charge in [-0.3, -0.25) is 4.79 Å². The highest BCUT2D eigenvalue weighted by Crippen LogP contribution is 2.28. The number of furan rings is 1. The van der Waals surface area contributed by atoms with Gasteiger partial charge < -0.3 is 19.2 Å². The van der Waals surface area contributed by atoms with E-state index in [1.54, 1.807) is 19.3 Å². The number of hydrogen-bond acceptors (Lipinski definition) is 5. The molecular weight excluding hydrogens is 298 g/mol. The second kappa shape index (κ2) is 7.84. The number of hydrogen-bond donors (Lipinski definition) is 1. The maximum atomic E-state index is 11.7. The lowest BCUT2D eigenvalue weighted by molar-refractivity contribution is -0.134. The van der Waals surface area contributed by atoms with E-state index in [2.05, 4.69) is 10.1 Å². The van der Waals surface area contributed by atoms with Crippen LogP contribution < -0.4 is 10.1 Å². The number of amides is 1. The standard InChI is InChI=1S/C17H17NO5/c1-21-14-6-3-5-12-11-13(23-17(12)14)8-9-15(19)18-10-4-7-16(20)22-2/h3-9,11H,10H2,1-2H3,(H,18,19)/b7-4+,9-8+. The zero-order valence-corrected chi connectivity index (χ0v) is 12.9. The summed E-state index contributed by atoms with van der Waals surface area (Å²) >= 11 is 0. The number of carbonyl (C=O) groups is 2. The molecule has 6 heteroatoms. The van der Waals surface area contributed by atoms with Gasteiger partial charge in [0.15, 0.2) is 11.3 Å². The largest absolute Gasteiger partial charge is 0.493 e. The van der Waals surface area contributed by atoms with Crippen molar-refractivity contribution in [1.29, 1.82) is 0 Å². The molecule has 0 spiro atoms. The highest BCUT2D eigenvalue weighted by atomic mass is 16.5. The fourth-order valence-electron chi connectivity index (χ4n) is 1.90. The number of para-hydroxylation sites is 1. The molecular formula is C17H17NO5. The first-order chi connectivity index (χ1) is 11.1. The van der Waals surface area contributed by atoms with Crippen molar-refractivity contribution in [3.05, 3.63) is 48.3 Å². The molecule has 0 aliphatic carbocycles. The molecule has 120 valence electrons. The Morgan fingerprint density at radius 3 is 2.83 bits per heavy atom. The van der Waals surface area contributed by atoms with Crippen LogP contribution in [0, 0.1) is 0 Å². The van der Waals surface area contributed by atoms with Gasteiger partial charge >= 0.3 is 5.97 Å². The van der Waals surface area contributed by atoms with E-state index in [9.17, 15) is 9.59 Å². The first-order valence-electron chi connectivity index (χ1n) is 6.91. The summed E-state index contributed by atoms with van der Waals surface area (Å²) in [4.78, 5) is 22.5. The van der Waals surface area contributed by atoms with E-state index in [-0.39, 0.29) is 12.5 Å². The Morgan fingerprint density at radius 2 is 2.09 bits per heavy atom. The number of esters is 1. The quantitative estimate of drug-likeness (QED) is 0.654. The molecule has 0 radical (unpaired) electrons. The molecule has 0 unspecified atom stereocenters. The molecule has 0 saturated heterocycles. The van der Waals surface area contributed by atoms with Crippen molar-refractivity contribution in [1.82, 2.24) is 5.32 Å². The molecule has 23 heavy (non-hydrogen) atoms. The zero-order chi connectivity index (χ0) is 16.7. The summed E-state index contributed by atoms with van der Waals surface area (Å²) in [5, 5.41) is 3.50. The molecule has 2 rings (SSSR count). The van der Waals surface area contributed by atoms with Gasteiger partial charge in [-0.05, 0) is 18.2 Å². The Kier molecular flexibility index (Phi) is 5.57. The van der Waals surface area contributed by atoms with Crippen LogP contribution in [0.1, 0.15) is 5.76 Å². The third-order valence-electron chi connectivity index (χ3n) is 3.00. The van der Waals surface area contributed by atoms with Crippen LogP contribution in [0.15, 0.2) is 46.9 Å². The van der Waals surface area contributed by atoms with E-state index in [1.807, 2.05) is 18.2 Å². The summed E-state index contributed by atoms with van der Waals surface area (Å²) in [6, 6.07) is 7.39. The molecule has 1 aromatic heterocycles. The van der Waals surface area contributed by atoms with Crippen LogP contribution in [0.3, 0.4) is 0 Å². The fourth-order valence-corrected chi connectivity index (χ4v) is 1.90. The zero-order valence-electron chi connectivity index (χ0n) is 12.9. The lowest BCUT2D eigenvalue weighted by Crippen LogP contribution is -2.20. The molecule has 0 aliphatic rings. The number of methoxy groups -OCH3 is 2. The topological polar surface area (TPSA) is 77.8 Å². The molecule has 0 atom stereocenters. The van der Waals surface area contributed by atoms with Gasteiger partial charge in [0.25, 0.3) is 0 Å². The normalized spacial score (nSPS) is 11.2. The Hall–Kier alpha value is -3.02. The highest BCUT2D eigenvalue weighted by molar-refractivity contribution is 5.93. The summed E-state index contributed by atoms with van der Waals surface area (Å²) < 4.78 is 15.3. The van der Waals surface area contributed by atoms with Gasteiger partial charge in [0.1, 0.15) is 5.76 Å². The second-order valence-electron chi connectivity index (χ2n) is 4.53. The van der Waals surface area contributed by atoms with Gasteiger partial charge in [-0.15, -0.1) is 0 Å². The molecule has 1 heterocycles. The van der Waals surface area contributed by atoms with Crippen molar-refractivity contribution in [2.24, 2.45) is 0 Å². The smallest absolute Gasteiger partial charge is 0.330 e. The number of fused-ring (bicyclic) bond motifs is 1. The van der Waals surface area contributed by atoms with Crippen LogP contribution in [0.5, 0.6) is 5.75 Å². The SMILES string of the molecule is COC(=O)/C=C/CNC(=O)/C=C/c1cc2cccc(OC)c2o1. The van der Waals surface area contributed by atoms with Crippen molar-refractivity contribution < 1.29 is 23.5 Å². The van der Waals surface area contributed by atoms with Crippen molar-refractivity contribution in [3.8, 4) is 5.75 Å². The Morgan fingerprint density at radius 1 is 1.26 bits per heavy atom. The third-order valence-corrected chi connectivity index (χ3v) is 3.00. The molecule has 0 aliphatic heterocycles. The van der Waals surface area contributed by atoms with Gasteiger partial charge in [0.2, 0.25) is 5.91 Å². The van der Waals surface area contributed by atoms with Gasteiger partial charge in [0, 0.05) is 24.1 Å². The van der Waals surface area contributed by atoms with E-state index in [0.717, 1.165) is 5.39 Å². The second-order valence-corrected chi connectivity index (χ2v) is 4.53. The Balaban J connectivity index is 1.96. The van der Waals surface area contributed by atoms with Crippen molar-refractivity contribution in [2.45, 2.75) is 0 Å². The van der Waals surface area contributed by atoms with Crippen LogP contribution >= 0.6 is 0 Å². The maximum absolute atomic E-state index is 11.7. The lowest BCUT2D eigenvalue weighted by Gasteiger charge is -1.98. The third kappa shape index (κ3) is 4.47. The van der Waals surface area contributed by atoms with Crippen LogP contribution in [0.25, 0.3) is 17.0 Å². The Bertz CT molecular complexity index is 757. The highest BCUT2D eigenvalue weighted by Gasteiger charge is 2.06. The molecule has 2 aromatic rings. The molecule has 6 nitrogen and oxygen atoms in total. The number of benzene rings is 1. The average Bonchev–Trinajstić information content (AvgIpc) is 2.99. The predicted molar refractivity (Wildman–Crippen MR) is 86.0 cm³/mol. The van der Waals surface area contributed by atoms with Gasteiger partial charge in [-0.2, -0.15) is 0 Å². The van der Waals surface area contributed by atoms with Crippen molar-refractivity contribution >= 4 is 28.9 Å². The van der Waals surface area contributed by atoms with Crippen LogP contribution in [-0.2, 0) is 14.3 Å². The van der Waals surface area contributed by atoms with Gasteiger partial charge in [-0.25, -0.2) is 4.79 Å². The fraction of sp³-hybridized carbons (Fsp3) is 0.176. The first kappa shape index (κ1) is 16.4. The summed E-state index contributed by atoms with van der Waals surface area (Å²) in [7, 11) is 2.86. The van der Waals surface area contributed by atoms with Gasteiger partial charge in [-0.1, -0.05) is 18.2 Å². The molecule has 0 fully saturated rings. The lowest BCUT2D eigenvalue weighted by atomic mass is 10.2. The van der Waals surface area contributed by atoms with Crippen LogP contribution in [0.2, 0.25) is 0 Å². The minimum absolute atomic E-state index is 0.228. The Labute approximate surface area is 133 Å². The van der Waals surface area contributed by atoms with E-state index in [0.29, 0.717) is 17.1 Å². The van der Waals surface area contributed by atoms with Crippen molar-refractivity contribution in [2.75, 3.05) is 20.8 Å². The summed E-state index contributed by atoms with van der Waals surface area (Å²) in [6.07, 6.45) is 5.67. The van der Waals surface area contributed by atoms with E-state index >= 15 is 0 Å². The monoisotopic (exact) mass is 315 g/mol. The average molecular weight is 315 g/mol. The first-order valence-corrected chi connectivity index (χ1v) is 6.91. The van der Waals surface area contributed by atoms with E-state index < -0.39 is 5.97 Å². The molecule has 0 saturated carbocycles. The number of nitrogens with one attached hydrogen (secondary N) is 1. The predicted octanol–water partition coefficient (Wildman–Crippen LogP) is 2.30.